The molecule has 0 fully saturated rings. The molecule has 1 atom stereocenters. The van der Waals surface area contributed by atoms with E-state index in [2.05, 4.69) is 10.4 Å². The third kappa shape index (κ3) is 3.62. The SMILES string of the molecule is Cn1cc(NC(=O)CC(O)c2cccc(F)c2)cn1. The molecule has 5 nitrogen and oxygen atoms in total. The number of rotatable bonds is 4. The number of aliphatic hydroxyl groups excluding tert-OH is 1. The summed E-state index contributed by atoms with van der Waals surface area (Å²) in [5.41, 5.74) is 0.931. The zero-order chi connectivity index (χ0) is 13.8. The molecule has 1 amide bonds. The molecular weight excluding hydrogens is 249 g/mol. The zero-order valence-electron chi connectivity index (χ0n) is 10.4. The van der Waals surface area contributed by atoms with Crippen LogP contribution in [-0.4, -0.2) is 20.8 Å². The molecule has 2 N–H and O–H groups in total. The Morgan fingerprint density at radius 2 is 2.37 bits per heavy atom. The molecule has 0 spiro atoms. The number of hydrogen-bond acceptors (Lipinski definition) is 3. The fraction of sp³-hybridized carbons (Fsp3) is 0.231. The monoisotopic (exact) mass is 263 g/mol. The van der Waals surface area contributed by atoms with Crippen LogP contribution in [0.5, 0.6) is 0 Å². The number of carbonyl (C=O) groups is 1. The molecule has 1 aromatic carbocycles. The Morgan fingerprint density at radius 1 is 1.58 bits per heavy atom. The number of halogens is 1. The molecule has 0 aliphatic heterocycles. The number of amides is 1. The normalized spacial score (nSPS) is 12.2. The van der Waals surface area contributed by atoms with Crippen LogP contribution in [0.25, 0.3) is 0 Å². The summed E-state index contributed by atoms with van der Waals surface area (Å²) >= 11 is 0. The first-order chi connectivity index (χ1) is 9.04. The van der Waals surface area contributed by atoms with Gasteiger partial charge in [-0.2, -0.15) is 5.10 Å². The van der Waals surface area contributed by atoms with E-state index in [9.17, 15) is 14.3 Å². The van der Waals surface area contributed by atoms with Gasteiger partial charge in [-0.15, -0.1) is 0 Å². The number of aromatic nitrogens is 2. The number of nitrogens with zero attached hydrogens (tertiary/aromatic N) is 2. The highest BCUT2D eigenvalue weighted by atomic mass is 19.1. The number of nitrogens with one attached hydrogen (secondary N) is 1. The van der Waals surface area contributed by atoms with Gasteiger partial charge in [-0.05, 0) is 17.7 Å². The van der Waals surface area contributed by atoms with Crippen molar-refractivity contribution in [2.45, 2.75) is 12.5 Å². The van der Waals surface area contributed by atoms with Gasteiger partial charge < -0.3 is 10.4 Å². The van der Waals surface area contributed by atoms with Gasteiger partial charge in [-0.25, -0.2) is 4.39 Å². The van der Waals surface area contributed by atoms with Crippen molar-refractivity contribution in [3.8, 4) is 0 Å². The van der Waals surface area contributed by atoms with E-state index in [-0.39, 0.29) is 12.3 Å². The van der Waals surface area contributed by atoms with E-state index in [1.165, 1.54) is 24.4 Å². The Kier molecular flexibility index (Phi) is 3.91. The maximum Gasteiger partial charge on any atom is 0.227 e. The van der Waals surface area contributed by atoms with Crippen LogP contribution in [0.2, 0.25) is 0 Å². The summed E-state index contributed by atoms with van der Waals surface area (Å²) in [7, 11) is 1.73. The van der Waals surface area contributed by atoms with Crippen LogP contribution < -0.4 is 5.32 Å². The summed E-state index contributed by atoms with van der Waals surface area (Å²) in [6.45, 7) is 0. The molecule has 0 aliphatic rings. The molecule has 19 heavy (non-hydrogen) atoms. The fourth-order valence-electron chi connectivity index (χ4n) is 1.71. The second kappa shape index (κ2) is 5.62. The Hall–Kier alpha value is -2.21. The van der Waals surface area contributed by atoms with E-state index >= 15 is 0 Å². The van der Waals surface area contributed by atoms with E-state index in [4.69, 9.17) is 0 Å². The van der Waals surface area contributed by atoms with E-state index in [1.54, 1.807) is 24.0 Å². The Balaban J connectivity index is 1.95. The highest BCUT2D eigenvalue weighted by Gasteiger charge is 2.14. The van der Waals surface area contributed by atoms with Gasteiger partial charge in [-0.1, -0.05) is 12.1 Å². The van der Waals surface area contributed by atoms with E-state index in [1.807, 2.05) is 0 Å². The predicted octanol–water partition coefficient (Wildman–Crippen LogP) is 1.62. The van der Waals surface area contributed by atoms with E-state index < -0.39 is 11.9 Å². The lowest BCUT2D eigenvalue weighted by atomic mass is 10.1. The lowest BCUT2D eigenvalue weighted by Gasteiger charge is -2.10. The van der Waals surface area contributed by atoms with E-state index in [0.717, 1.165) is 0 Å². The Bertz CT molecular complexity index is 583. The molecule has 2 rings (SSSR count). The third-order valence-electron chi connectivity index (χ3n) is 2.60. The van der Waals surface area contributed by atoms with E-state index in [0.29, 0.717) is 11.3 Å². The van der Waals surface area contributed by atoms with Gasteiger partial charge in [0.2, 0.25) is 5.91 Å². The molecule has 1 heterocycles. The number of aliphatic hydroxyl groups is 1. The van der Waals surface area contributed by atoms with Crippen LogP contribution in [0.4, 0.5) is 10.1 Å². The van der Waals surface area contributed by atoms with Crippen molar-refractivity contribution in [2.75, 3.05) is 5.32 Å². The highest BCUT2D eigenvalue weighted by Crippen LogP contribution is 2.18. The standard InChI is InChI=1S/C13H14FN3O2/c1-17-8-11(7-15-17)16-13(19)6-12(18)9-3-2-4-10(14)5-9/h2-5,7-8,12,18H,6H2,1H3,(H,16,19). The molecule has 1 aromatic heterocycles. The Labute approximate surface area is 109 Å². The van der Waals surface area contributed by atoms with Crippen molar-refractivity contribution < 1.29 is 14.3 Å². The molecule has 100 valence electrons. The zero-order valence-corrected chi connectivity index (χ0v) is 10.4. The van der Waals surface area contributed by atoms with Crippen molar-refractivity contribution in [3.05, 3.63) is 48.0 Å². The number of hydrogen-bond donors (Lipinski definition) is 2. The molecule has 0 saturated carbocycles. The quantitative estimate of drug-likeness (QED) is 0.880. The summed E-state index contributed by atoms with van der Waals surface area (Å²) in [5, 5.41) is 16.4. The highest BCUT2D eigenvalue weighted by molar-refractivity contribution is 5.90. The van der Waals surface area contributed by atoms with Gasteiger partial charge >= 0.3 is 0 Å². The van der Waals surface area contributed by atoms with Gasteiger partial charge in [0.05, 0.1) is 24.4 Å². The number of anilines is 1. The van der Waals surface area contributed by atoms with Gasteiger partial charge in [-0.3, -0.25) is 9.48 Å². The number of benzene rings is 1. The summed E-state index contributed by atoms with van der Waals surface area (Å²) < 4.78 is 14.5. The lowest BCUT2D eigenvalue weighted by molar-refractivity contribution is -0.118. The number of aryl methyl sites for hydroxylation is 1. The average molecular weight is 263 g/mol. The summed E-state index contributed by atoms with van der Waals surface area (Å²) in [5.74, 6) is -0.797. The predicted molar refractivity (Wildman–Crippen MR) is 67.8 cm³/mol. The summed E-state index contributed by atoms with van der Waals surface area (Å²) in [4.78, 5) is 11.7. The number of carbonyl (C=O) groups excluding carboxylic acids is 1. The van der Waals surface area contributed by atoms with Crippen LogP contribution in [0.1, 0.15) is 18.1 Å². The van der Waals surface area contributed by atoms with Crippen molar-refractivity contribution in [2.24, 2.45) is 7.05 Å². The summed E-state index contributed by atoms with van der Waals surface area (Å²) in [6, 6.07) is 5.56. The first-order valence-electron chi connectivity index (χ1n) is 5.76. The molecule has 0 aliphatic carbocycles. The van der Waals surface area contributed by atoms with Crippen molar-refractivity contribution in [1.82, 2.24) is 9.78 Å². The van der Waals surface area contributed by atoms with Crippen LogP contribution in [0.3, 0.4) is 0 Å². The van der Waals surface area contributed by atoms with Gasteiger partial charge in [0.1, 0.15) is 5.82 Å². The topological polar surface area (TPSA) is 67.2 Å². The van der Waals surface area contributed by atoms with Gasteiger partial charge in [0.25, 0.3) is 0 Å². The maximum absolute atomic E-state index is 13.0. The smallest absolute Gasteiger partial charge is 0.227 e. The third-order valence-corrected chi connectivity index (χ3v) is 2.60. The van der Waals surface area contributed by atoms with Crippen molar-refractivity contribution in [3.63, 3.8) is 0 Å². The summed E-state index contributed by atoms with van der Waals surface area (Å²) in [6.07, 6.45) is 1.98. The molecule has 6 heteroatoms. The van der Waals surface area contributed by atoms with Gasteiger partial charge in [0.15, 0.2) is 0 Å². The van der Waals surface area contributed by atoms with Crippen LogP contribution in [0.15, 0.2) is 36.7 Å². The molecule has 2 aromatic rings. The molecule has 1 unspecified atom stereocenters. The van der Waals surface area contributed by atoms with Crippen LogP contribution in [-0.2, 0) is 11.8 Å². The minimum absolute atomic E-state index is 0.141. The minimum atomic E-state index is -1.03. The average Bonchev–Trinajstić information content (AvgIpc) is 2.74. The largest absolute Gasteiger partial charge is 0.388 e. The van der Waals surface area contributed by atoms with Crippen molar-refractivity contribution in [1.29, 1.82) is 0 Å². The van der Waals surface area contributed by atoms with Crippen LogP contribution in [0, 0.1) is 5.82 Å². The van der Waals surface area contributed by atoms with Gasteiger partial charge in [0, 0.05) is 13.2 Å². The van der Waals surface area contributed by atoms with Crippen LogP contribution >= 0.6 is 0 Å². The molecule has 0 saturated heterocycles. The lowest BCUT2D eigenvalue weighted by Crippen LogP contribution is -2.15. The second-order valence-electron chi connectivity index (χ2n) is 4.23. The molecule has 0 bridgehead atoms. The fourth-order valence-corrected chi connectivity index (χ4v) is 1.71. The second-order valence-corrected chi connectivity index (χ2v) is 4.23. The van der Waals surface area contributed by atoms with Crippen molar-refractivity contribution >= 4 is 11.6 Å². The molecular formula is C13H14FN3O2. The maximum atomic E-state index is 13.0. The minimum Gasteiger partial charge on any atom is -0.388 e. The first kappa shape index (κ1) is 13.2. The molecule has 0 radical (unpaired) electrons. The Morgan fingerprint density at radius 3 is 3.00 bits per heavy atom. The first-order valence-corrected chi connectivity index (χ1v) is 5.76.